The van der Waals surface area contributed by atoms with Crippen LogP contribution in [0.4, 0.5) is 0 Å². The van der Waals surface area contributed by atoms with Crippen molar-refractivity contribution in [1.82, 2.24) is 0 Å². The summed E-state index contributed by atoms with van der Waals surface area (Å²) in [5.74, 6) is 0.340. The summed E-state index contributed by atoms with van der Waals surface area (Å²) in [7, 11) is 0. The molecule has 2 nitrogen and oxygen atoms in total. The summed E-state index contributed by atoms with van der Waals surface area (Å²) in [5.41, 5.74) is -0.280. The summed E-state index contributed by atoms with van der Waals surface area (Å²) < 4.78 is 5.46. The zero-order chi connectivity index (χ0) is 7.03. The van der Waals surface area contributed by atoms with E-state index in [2.05, 4.69) is 0 Å². The Balaban J connectivity index is 2.06. The minimum Gasteiger partial charge on any atom is -0.367 e. The molecule has 0 aromatic rings. The Kier molecular flexibility index (Phi) is 1.31. The van der Waals surface area contributed by atoms with Crippen LogP contribution in [-0.2, 0) is 9.53 Å². The summed E-state index contributed by atoms with van der Waals surface area (Å²) in [5, 5.41) is 0. The number of hydrogen-bond donors (Lipinski definition) is 0. The predicted octanol–water partition coefficient (Wildman–Crippen LogP) is 1.29. The van der Waals surface area contributed by atoms with Crippen molar-refractivity contribution < 1.29 is 9.53 Å². The molecule has 0 N–H and O–H groups in total. The van der Waals surface area contributed by atoms with Gasteiger partial charge in [0, 0.05) is 13.0 Å². The Hall–Kier alpha value is -0.370. The van der Waals surface area contributed by atoms with E-state index in [1.807, 2.05) is 0 Å². The average molecular weight is 140 g/mol. The third-order valence-electron chi connectivity index (χ3n) is 2.62. The van der Waals surface area contributed by atoms with E-state index in [1.54, 1.807) is 0 Å². The largest absolute Gasteiger partial charge is 0.367 e. The second-order valence-electron chi connectivity index (χ2n) is 3.22. The maximum absolute atomic E-state index is 11.1. The van der Waals surface area contributed by atoms with Crippen LogP contribution < -0.4 is 0 Å². The lowest BCUT2D eigenvalue weighted by Gasteiger charge is -2.42. The Labute approximate surface area is 60.6 Å². The first kappa shape index (κ1) is 6.35. The minimum absolute atomic E-state index is 0.280. The number of carbonyl (C=O) groups excluding carboxylic acids is 1. The van der Waals surface area contributed by atoms with Crippen LogP contribution in [0.3, 0.4) is 0 Å². The first-order valence-corrected chi connectivity index (χ1v) is 4.01. The van der Waals surface area contributed by atoms with Gasteiger partial charge in [0.1, 0.15) is 5.60 Å². The molecule has 2 heteroatoms. The molecule has 1 spiro atoms. The van der Waals surface area contributed by atoms with Crippen LogP contribution in [0.2, 0.25) is 0 Å². The van der Waals surface area contributed by atoms with Crippen LogP contribution in [0.5, 0.6) is 0 Å². The molecule has 10 heavy (non-hydrogen) atoms. The molecule has 0 amide bonds. The smallest absolute Gasteiger partial charge is 0.164 e. The van der Waals surface area contributed by atoms with Crippen molar-refractivity contribution in [2.24, 2.45) is 0 Å². The zero-order valence-electron chi connectivity index (χ0n) is 6.06. The van der Waals surface area contributed by atoms with Crippen molar-refractivity contribution in [3.05, 3.63) is 0 Å². The Morgan fingerprint density at radius 3 is 2.50 bits per heavy atom. The minimum atomic E-state index is -0.280. The van der Waals surface area contributed by atoms with Crippen molar-refractivity contribution in [3.8, 4) is 0 Å². The molecule has 1 saturated heterocycles. The maximum atomic E-state index is 11.1. The van der Waals surface area contributed by atoms with Gasteiger partial charge in [0.15, 0.2) is 5.78 Å². The predicted molar refractivity (Wildman–Crippen MR) is 36.8 cm³/mol. The maximum Gasteiger partial charge on any atom is 0.164 e. The zero-order valence-corrected chi connectivity index (χ0v) is 6.06. The van der Waals surface area contributed by atoms with E-state index in [-0.39, 0.29) is 5.60 Å². The number of hydrogen-bond acceptors (Lipinski definition) is 2. The summed E-state index contributed by atoms with van der Waals surface area (Å²) >= 11 is 0. The van der Waals surface area contributed by atoms with Gasteiger partial charge in [0.25, 0.3) is 0 Å². The molecule has 0 aromatic heterocycles. The van der Waals surface area contributed by atoms with Crippen molar-refractivity contribution >= 4 is 5.78 Å². The lowest BCUT2D eigenvalue weighted by Crippen LogP contribution is -2.51. The highest BCUT2D eigenvalue weighted by Crippen LogP contribution is 2.38. The molecular formula is C8H12O2. The number of ketones is 1. The molecule has 2 aliphatic rings. The lowest BCUT2D eigenvalue weighted by atomic mass is 9.74. The SMILES string of the molecule is O=C1CC[C@]12CCCCO2. The number of rotatable bonds is 0. The third kappa shape index (κ3) is 0.717. The van der Waals surface area contributed by atoms with E-state index in [0.29, 0.717) is 5.78 Å². The standard InChI is InChI=1S/C8H12O2/c9-7-3-5-8(7)4-1-2-6-10-8/h1-6H2/t8-/m1/s1. The molecule has 1 atom stereocenters. The number of ether oxygens (including phenoxy) is 1. The van der Waals surface area contributed by atoms with Crippen LogP contribution in [0.1, 0.15) is 32.1 Å². The normalized spacial score (nSPS) is 39.8. The molecule has 0 radical (unpaired) electrons. The van der Waals surface area contributed by atoms with Crippen molar-refractivity contribution in [1.29, 1.82) is 0 Å². The van der Waals surface area contributed by atoms with Crippen LogP contribution in [0, 0.1) is 0 Å². The first-order valence-electron chi connectivity index (χ1n) is 4.01. The van der Waals surface area contributed by atoms with Gasteiger partial charge in [-0.3, -0.25) is 4.79 Å². The average Bonchev–Trinajstić information content (AvgIpc) is 2.04. The quantitative estimate of drug-likeness (QED) is 0.506. The van der Waals surface area contributed by atoms with E-state index in [0.717, 1.165) is 32.3 Å². The molecule has 2 rings (SSSR count). The molecule has 0 aromatic carbocycles. The monoisotopic (exact) mass is 140 g/mol. The fraction of sp³-hybridized carbons (Fsp3) is 0.875. The summed E-state index contributed by atoms with van der Waals surface area (Å²) in [6.45, 7) is 0.797. The molecule has 56 valence electrons. The Morgan fingerprint density at radius 1 is 1.30 bits per heavy atom. The molecule has 2 fully saturated rings. The number of Topliss-reactive ketones (excluding diaryl/α,β-unsaturated/α-hetero) is 1. The van der Waals surface area contributed by atoms with Crippen molar-refractivity contribution in [3.63, 3.8) is 0 Å². The highest BCUT2D eigenvalue weighted by Gasteiger charge is 2.47. The van der Waals surface area contributed by atoms with Gasteiger partial charge in [-0.2, -0.15) is 0 Å². The first-order chi connectivity index (χ1) is 4.83. The Morgan fingerprint density at radius 2 is 2.20 bits per heavy atom. The molecular weight excluding hydrogens is 128 g/mol. The van der Waals surface area contributed by atoms with Crippen LogP contribution >= 0.6 is 0 Å². The van der Waals surface area contributed by atoms with Gasteiger partial charge in [0.2, 0.25) is 0 Å². The van der Waals surface area contributed by atoms with E-state index in [1.165, 1.54) is 6.42 Å². The van der Waals surface area contributed by atoms with Crippen LogP contribution in [0.25, 0.3) is 0 Å². The summed E-state index contributed by atoms with van der Waals surface area (Å²) in [6.07, 6.45) is 5.01. The fourth-order valence-corrected chi connectivity index (χ4v) is 1.78. The van der Waals surface area contributed by atoms with Gasteiger partial charge < -0.3 is 4.74 Å². The van der Waals surface area contributed by atoms with E-state index in [9.17, 15) is 4.79 Å². The van der Waals surface area contributed by atoms with Crippen molar-refractivity contribution in [2.45, 2.75) is 37.7 Å². The molecule has 0 unspecified atom stereocenters. The van der Waals surface area contributed by atoms with Crippen LogP contribution in [0.15, 0.2) is 0 Å². The van der Waals surface area contributed by atoms with Gasteiger partial charge >= 0.3 is 0 Å². The lowest BCUT2D eigenvalue weighted by molar-refractivity contribution is -0.168. The van der Waals surface area contributed by atoms with Crippen molar-refractivity contribution in [2.75, 3.05) is 6.61 Å². The highest BCUT2D eigenvalue weighted by molar-refractivity contribution is 5.93. The summed E-state index contributed by atoms with van der Waals surface area (Å²) in [6, 6.07) is 0. The van der Waals surface area contributed by atoms with Crippen LogP contribution in [-0.4, -0.2) is 18.0 Å². The second-order valence-corrected chi connectivity index (χ2v) is 3.22. The van der Waals surface area contributed by atoms with E-state index < -0.39 is 0 Å². The molecule has 1 aliphatic heterocycles. The molecule has 0 bridgehead atoms. The molecule has 1 aliphatic carbocycles. The fourth-order valence-electron chi connectivity index (χ4n) is 1.78. The van der Waals surface area contributed by atoms with Gasteiger partial charge in [-0.25, -0.2) is 0 Å². The van der Waals surface area contributed by atoms with Gasteiger partial charge in [-0.15, -0.1) is 0 Å². The van der Waals surface area contributed by atoms with Gasteiger partial charge in [-0.1, -0.05) is 0 Å². The van der Waals surface area contributed by atoms with E-state index >= 15 is 0 Å². The molecule has 1 saturated carbocycles. The van der Waals surface area contributed by atoms with Gasteiger partial charge in [-0.05, 0) is 25.7 Å². The molecule has 1 heterocycles. The van der Waals surface area contributed by atoms with Gasteiger partial charge in [0.05, 0.1) is 0 Å². The Bertz CT molecular complexity index is 157. The highest BCUT2D eigenvalue weighted by atomic mass is 16.5. The second kappa shape index (κ2) is 2.06. The third-order valence-corrected chi connectivity index (χ3v) is 2.62. The topological polar surface area (TPSA) is 26.3 Å². The number of carbonyl (C=O) groups is 1. The summed E-state index contributed by atoms with van der Waals surface area (Å²) in [4.78, 5) is 11.1. The van der Waals surface area contributed by atoms with E-state index in [4.69, 9.17) is 4.74 Å².